The summed E-state index contributed by atoms with van der Waals surface area (Å²) < 4.78 is 5.65. The summed E-state index contributed by atoms with van der Waals surface area (Å²) in [5.41, 5.74) is 2.93. The highest BCUT2D eigenvalue weighted by Gasteiger charge is 2.40. The normalized spacial score (nSPS) is 19.1. The fourth-order valence-corrected chi connectivity index (χ4v) is 3.55. The minimum atomic E-state index is 0.199. The zero-order valence-corrected chi connectivity index (χ0v) is 13.5. The van der Waals surface area contributed by atoms with E-state index >= 15 is 0 Å². The van der Waals surface area contributed by atoms with Crippen LogP contribution in [0.3, 0.4) is 0 Å². The molecule has 21 heavy (non-hydrogen) atoms. The second-order valence-corrected chi connectivity index (χ2v) is 6.24. The molecule has 1 aromatic carbocycles. The molecule has 1 saturated heterocycles. The van der Waals surface area contributed by atoms with E-state index in [1.54, 1.807) is 0 Å². The zero-order chi connectivity index (χ0) is 15.1. The highest BCUT2D eigenvalue weighted by atomic mass is 16.5. The van der Waals surface area contributed by atoms with Crippen molar-refractivity contribution < 1.29 is 4.74 Å². The van der Waals surface area contributed by atoms with Crippen LogP contribution in [0, 0.1) is 0 Å². The summed E-state index contributed by atoms with van der Waals surface area (Å²) >= 11 is 0. The third kappa shape index (κ3) is 3.96. The minimum absolute atomic E-state index is 0.199. The maximum atomic E-state index is 5.65. The molecule has 116 valence electrons. The molecule has 0 aliphatic carbocycles. The van der Waals surface area contributed by atoms with Crippen molar-refractivity contribution in [3.8, 4) is 0 Å². The number of rotatable bonds is 7. The Morgan fingerprint density at radius 3 is 2.52 bits per heavy atom. The summed E-state index contributed by atoms with van der Waals surface area (Å²) in [7, 11) is 0. The van der Waals surface area contributed by atoms with E-state index in [4.69, 9.17) is 4.74 Å². The molecule has 2 rings (SSSR count). The molecule has 2 heteroatoms. The van der Waals surface area contributed by atoms with Gasteiger partial charge in [-0.15, -0.1) is 6.58 Å². The molecule has 0 saturated carbocycles. The third-order valence-corrected chi connectivity index (χ3v) is 4.71. The second-order valence-electron chi connectivity index (χ2n) is 6.24. The lowest BCUT2D eigenvalue weighted by Gasteiger charge is -2.44. The Kier molecular flexibility index (Phi) is 6.01. The molecular weight excluding hydrogens is 258 g/mol. The molecule has 1 fully saturated rings. The highest BCUT2D eigenvalue weighted by Crippen LogP contribution is 2.39. The molecule has 1 unspecified atom stereocenters. The Balaban J connectivity index is 2.29. The van der Waals surface area contributed by atoms with Crippen molar-refractivity contribution in [3.63, 3.8) is 0 Å². The molecule has 0 bridgehead atoms. The molecule has 0 spiro atoms. The quantitative estimate of drug-likeness (QED) is 0.763. The van der Waals surface area contributed by atoms with Crippen molar-refractivity contribution in [1.82, 2.24) is 5.32 Å². The van der Waals surface area contributed by atoms with Gasteiger partial charge in [0.1, 0.15) is 0 Å². The van der Waals surface area contributed by atoms with Crippen molar-refractivity contribution in [2.24, 2.45) is 0 Å². The molecule has 1 aliphatic heterocycles. The molecule has 1 atom stereocenters. The molecule has 2 nitrogen and oxygen atoms in total. The zero-order valence-electron chi connectivity index (χ0n) is 13.5. The van der Waals surface area contributed by atoms with Gasteiger partial charge in [0.2, 0.25) is 0 Å². The number of hydrogen-bond acceptors (Lipinski definition) is 2. The third-order valence-electron chi connectivity index (χ3n) is 4.71. The molecule has 0 radical (unpaired) electrons. The van der Waals surface area contributed by atoms with Crippen molar-refractivity contribution in [3.05, 3.63) is 48.0 Å². The molecule has 1 aromatic rings. The van der Waals surface area contributed by atoms with Crippen LogP contribution < -0.4 is 5.32 Å². The van der Waals surface area contributed by atoms with Gasteiger partial charge in [-0.2, -0.15) is 0 Å². The first-order valence-electron chi connectivity index (χ1n) is 8.20. The maximum Gasteiger partial charge on any atom is 0.0475 e. The lowest BCUT2D eigenvalue weighted by atomic mass is 9.67. The summed E-state index contributed by atoms with van der Waals surface area (Å²) in [5.74, 6) is 0. The van der Waals surface area contributed by atoms with Crippen LogP contribution in [0.2, 0.25) is 0 Å². The average Bonchev–Trinajstić information content (AvgIpc) is 2.53. The topological polar surface area (TPSA) is 21.3 Å². The SMILES string of the molecule is C=C(C)CCC(NCC)C1(c2ccccc2)CCOCC1. The second kappa shape index (κ2) is 7.77. The van der Waals surface area contributed by atoms with Gasteiger partial charge in [-0.05, 0) is 44.7 Å². The summed E-state index contributed by atoms with van der Waals surface area (Å²) in [6, 6.07) is 11.5. The van der Waals surface area contributed by atoms with E-state index in [1.807, 2.05) is 0 Å². The maximum absolute atomic E-state index is 5.65. The van der Waals surface area contributed by atoms with Gasteiger partial charge in [0.25, 0.3) is 0 Å². The van der Waals surface area contributed by atoms with Gasteiger partial charge in [-0.1, -0.05) is 42.8 Å². The van der Waals surface area contributed by atoms with Crippen molar-refractivity contribution in [2.45, 2.75) is 51.0 Å². The highest BCUT2D eigenvalue weighted by molar-refractivity contribution is 5.29. The van der Waals surface area contributed by atoms with Crippen LogP contribution in [0.5, 0.6) is 0 Å². The van der Waals surface area contributed by atoms with Gasteiger partial charge in [0, 0.05) is 24.7 Å². The van der Waals surface area contributed by atoms with Crippen LogP contribution in [-0.4, -0.2) is 25.8 Å². The summed E-state index contributed by atoms with van der Waals surface area (Å²) in [6.45, 7) is 11.1. The Morgan fingerprint density at radius 1 is 1.29 bits per heavy atom. The Hall–Kier alpha value is -1.12. The van der Waals surface area contributed by atoms with Crippen molar-refractivity contribution in [1.29, 1.82) is 0 Å². The lowest BCUT2D eigenvalue weighted by Crippen LogP contribution is -2.51. The number of nitrogens with one attached hydrogen (secondary N) is 1. The predicted octanol–water partition coefficient (Wildman–Crippen LogP) is 4.07. The summed E-state index contributed by atoms with van der Waals surface area (Å²) in [5, 5.41) is 3.75. The number of ether oxygens (including phenoxy) is 1. The largest absolute Gasteiger partial charge is 0.381 e. The van der Waals surface area contributed by atoms with E-state index in [0.29, 0.717) is 6.04 Å². The van der Waals surface area contributed by atoms with E-state index in [-0.39, 0.29) is 5.41 Å². The first-order chi connectivity index (χ1) is 10.2. The first-order valence-corrected chi connectivity index (χ1v) is 8.20. The van der Waals surface area contributed by atoms with Gasteiger partial charge >= 0.3 is 0 Å². The minimum Gasteiger partial charge on any atom is -0.381 e. The van der Waals surface area contributed by atoms with E-state index < -0.39 is 0 Å². The number of likely N-dealkylation sites (N-methyl/N-ethyl adjacent to an activating group) is 1. The smallest absolute Gasteiger partial charge is 0.0475 e. The van der Waals surface area contributed by atoms with Crippen LogP contribution in [0.4, 0.5) is 0 Å². The average molecular weight is 287 g/mol. The first kappa shape index (κ1) is 16.3. The number of allylic oxidation sites excluding steroid dienone is 1. The van der Waals surface area contributed by atoms with Crippen LogP contribution in [-0.2, 0) is 10.2 Å². The Labute approximate surface area is 129 Å². The number of benzene rings is 1. The monoisotopic (exact) mass is 287 g/mol. The molecule has 0 amide bonds. The van der Waals surface area contributed by atoms with Crippen LogP contribution in [0.1, 0.15) is 45.1 Å². The lowest BCUT2D eigenvalue weighted by molar-refractivity contribution is 0.0332. The molecule has 0 aromatic heterocycles. The van der Waals surface area contributed by atoms with Gasteiger partial charge in [-0.3, -0.25) is 0 Å². The van der Waals surface area contributed by atoms with Crippen LogP contribution in [0.15, 0.2) is 42.5 Å². The molecular formula is C19H29NO. The Bertz CT molecular complexity index is 434. The van der Waals surface area contributed by atoms with Gasteiger partial charge < -0.3 is 10.1 Å². The standard InChI is InChI=1S/C19H29NO/c1-4-20-18(11-10-16(2)3)19(12-14-21-15-13-19)17-8-6-5-7-9-17/h5-9,18,20H,2,4,10-15H2,1,3H3. The van der Waals surface area contributed by atoms with E-state index in [9.17, 15) is 0 Å². The molecule has 1 aliphatic rings. The molecule has 1 heterocycles. The Morgan fingerprint density at radius 2 is 1.95 bits per heavy atom. The van der Waals surface area contributed by atoms with Crippen molar-refractivity contribution in [2.75, 3.05) is 19.8 Å². The van der Waals surface area contributed by atoms with Crippen molar-refractivity contribution >= 4 is 0 Å². The summed E-state index contributed by atoms with van der Waals surface area (Å²) in [6.07, 6.45) is 4.45. The number of hydrogen-bond donors (Lipinski definition) is 1. The van der Waals surface area contributed by atoms with E-state index in [0.717, 1.165) is 45.4 Å². The summed E-state index contributed by atoms with van der Waals surface area (Å²) in [4.78, 5) is 0. The van der Waals surface area contributed by atoms with Gasteiger partial charge in [0.05, 0.1) is 0 Å². The fourth-order valence-electron chi connectivity index (χ4n) is 3.55. The van der Waals surface area contributed by atoms with Gasteiger partial charge in [0.15, 0.2) is 0 Å². The van der Waals surface area contributed by atoms with Crippen LogP contribution >= 0.6 is 0 Å². The van der Waals surface area contributed by atoms with E-state index in [1.165, 1.54) is 11.1 Å². The predicted molar refractivity (Wildman–Crippen MR) is 89.7 cm³/mol. The fraction of sp³-hybridized carbons (Fsp3) is 0.579. The van der Waals surface area contributed by atoms with Crippen LogP contribution in [0.25, 0.3) is 0 Å². The van der Waals surface area contributed by atoms with Gasteiger partial charge in [-0.25, -0.2) is 0 Å². The molecule has 1 N–H and O–H groups in total. The van der Waals surface area contributed by atoms with E-state index in [2.05, 4.69) is 56.1 Å².